The molecule has 0 atom stereocenters. The van der Waals surface area contributed by atoms with E-state index in [1.54, 1.807) is 6.20 Å². The molecule has 1 aliphatic heterocycles. The van der Waals surface area contributed by atoms with Crippen molar-refractivity contribution in [1.29, 1.82) is 0 Å². The van der Waals surface area contributed by atoms with Crippen molar-refractivity contribution in [3.63, 3.8) is 0 Å². The molecule has 3 rings (SSSR count). The van der Waals surface area contributed by atoms with Crippen molar-refractivity contribution in [2.24, 2.45) is 0 Å². The van der Waals surface area contributed by atoms with E-state index in [4.69, 9.17) is 0 Å². The van der Waals surface area contributed by atoms with E-state index in [1.807, 2.05) is 19.2 Å². The van der Waals surface area contributed by atoms with Crippen LogP contribution in [0.3, 0.4) is 0 Å². The number of pyridine rings is 1. The van der Waals surface area contributed by atoms with Gasteiger partial charge in [0, 0.05) is 42.3 Å². The van der Waals surface area contributed by atoms with Crippen LogP contribution in [0.1, 0.15) is 22.5 Å². The van der Waals surface area contributed by atoms with Crippen molar-refractivity contribution < 1.29 is 0 Å². The fraction of sp³-hybridized carbons (Fsp3) is 0.308. The predicted octanol–water partition coefficient (Wildman–Crippen LogP) is 1.76. The number of nitrogens with zero attached hydrogens (tertiary/aromatic N) is 3. The van der Waals surface area contributed by atoms with Crippen LogP contribution in [0.25, 0.3) is 11.4 Å². The summed E-state index contributed by atoms with van der Waals surface area (Å²) in [6, 6.07) is 1.99. The zero-order valence-corrected chi connectivity index (χ0v) is 9.99. The van der Waals surface area contributed by atoms with E-state index in [0.29, 0.717) is 0 Å². The predicted molar refractivity (Wildman–Crippen MR) is 65.3 cm³/mol. The molecule has 2 aromatic rings. The van der Waals surface area contributed by atoms with E-state index in [9.17, 15) is 0 Å². The second kappa shape index (κ2) is 3.89. The number of nitrogens with one attached hydrogen (secondary N) is 1. The van der Waals surface area contributed by atoms with Crippen LogP contribution in [-0.2, 0) is 13.1 Å². The van der Waals surface area contributed by atoms with E-state index in [0.717, 1.165) is 41.4 Å². The van der Waals surface area contributed by atoms with E-state index >= 15 is 0 Å². The van der Waals surface area contributed by atoms with Crippen molar-refractivity contribution in [2.75, 3.05) is 0 Å². The Bertz CT molecular complexity index is 578. The summed E-state index contributed by atoms with van der Waals surface area (Å²) in [6.45, 7) is 5.82. The summed E-state index contributed by atoms with van der Waals surface area (Å²) in [5.74, 6) is 0.788. The minimum absolute atomic E-state index is 0.788. The van der Waals surface area contributed by atoms with Gasteiger partial charge >= 0.3 is 0 Å². The first-order chi connectivity index (χ1) is 8.25. The zero-order valence-electron chi connectivity index (χ0n) is 9.99. The molecule has 0 aromatic carbocycles. The third-order valence-corrected chi connectivity index (χ3v) is 3.17. The standard InChI is InChI=1S/C13H14N4/c1-8-3-4-14-5-10(8)13-16-9(2)11-6-15-7-12(11)17-13/h3-5,15H,6-7H2,1-2H3. The first kappa shape index (κ1) is 10.4. The first-order valence-electron chi connectivity index (χ1n) is 5.74. The highest BCUT2D eigenvalue weighted by molar-refractivity contribution is 5.59. The summed E-state index contributed by atoms with van der Waals surface area (Å²) < 4.78 is 0. The van der Waals surface area contributed by atoms with Gasteiger partial charge in [0.15, 0.2) is 5.82 Å². The minimum atomic E-state index is 0.788. The van der Waals surface area contributed by atoms with E-state index < -0.39 is 0 Å². The molecule has 0 radical (unpaired) electrons. The van der Waals surface area contributed by atoms with E-state index in [1.165, 1.54) is 5.56 Å². The largest absolute Gasteiger partial charge is 0.307 e. The number of hydrogen-bond acceptors (Lipinski definition) is 4. The molecule has 4 heteroatoms. The molecule has 3 heterocycles. The fourth-order valence-corrected chi connectivity index (χ4v) is 2.16. The molecule has 4 nitrogen and oxygen atoms in total. The van der Waals surface area contributed by atoms with Crippen LogP contribution in [0.2, 0.25) is 0 Å². The second-order valence-corrected chi connectivity index (χ2v) is 4.35. The zero-order chi connectivity index (χ0) is 11.8. The Hall–Kier alpha value is -1.81. The fourth-order valence-electron chi connectivity index (χ4n) is 2.16. The Morgan fingerprint density at radius 1 is 1.18 bits per heavy atom. The molecule has 1 aliphatic rings. The number of aromatic nitrogens is 3. The molecule has 0 spiro atoms. The maximum atomic E-state index is 4.63. The van der Waals surface area contributed by atoms with Gasteiger partial charge < -0.3 is 5.32 Å². The number of rotatable bonds is 1. The number of aryl methyl sites for hydroxylation is 2. The molecule has 0 unspecified atom stereocenters. The summed E-state index contributed by atoms with van der Waals surface area (Å²) in [5.41, 5.74) is 5.61. The van der Waals surface area contributed by atoms with Gasteiger partial charge in [-0.25, -0.2) is 9.97 Å². The summed E-state index contributed by atoms with van der Waals surface area (Å²) in [5, 5.41) is 3.30. The first-order valence-corrected chi connectivity index (χ1v) is 5.74. The lowest BCUT2D eigenvalue weighted by molar-refractivity contribution is 0.757. The third kappa shape index (κ3) is 1.70. The average Bonchev–Trinajstić information content (AvgIpc) is 2.78. The minimum Gasteiger partial charge on any atom is -0.307 e. The smallest absolute Gasteiger partial charge is 0.161 e. The van der Waals surface area contributed by atoms with Gasteiger partial charge in [-0.2, -0.15) is 0 Å². The molecule has 0 saturated heterocycles. The SMILES string of the molecule is Cc1ccncc1-c1nc(C)c2c(n1)CNC2. The maximum absolute atomic E-state index is 4.63. The lowest BCUT2D eigenvalue weighted by Gasteiger charge is -2.07. The molecule has 0 saturated carbocycles. The monoisotopic (exact) mass is 226 g/mol. The summed E-state index contributed by atoms with van der Waals surface area (Å²) in [6.07, 6.45) is 3.62. The van der Waals surface area contributed by atoms with Crippen LogP contribution in [0.5, 0.6) is 0 Å². The Balaban J connectivity index is 2.17. The van der Waals surface area contributed by atoms with Gasteiger partial charge in [0.05, 0.1) is 5.69 Å². The number of hydrogen-bond donors (Lipinski definition) is 1. The molecule has 1 N–H and O–H groups in total. The van der Waals surface area contributed by atoms with Gasteiger partial charge in [-0.05, 0) is 25.5 Å². The van der Waals surface area contributed by atoms with Crippen molar-refractivity contribution >= 4 is 0 Å². The number of fused-ring (bicyclic) bond motifs is 1. The van der Waals surface area contributed by atoms with E-state index in [-0.39, 0.29) is 0 Å². The van der Waals surface area contributed by atoms with Crippen LogP contribution in [0.15, 0.2) is 18.5 Å². The van der Waals surface area contributed by atoms with Crippen molar-refractivity contribution in [3.8, 4) is 11.4 Å². The highest BCUT2D eigenvalue weighted by atomic mass is 15.0. The Morgan fingerprint density at radius 3 is 2.88 bits per heavy atom. The Labute approximate surface area is 100 Å². The lowest BCUT2D eigenvalue weighted by Crippen LogP contribution is -2.01. The van der Waals surface area contributed by atoms with Gasteiger partial charge in [-0.15, -0.1) is 0 Å². The molecule has 0 aliphatic carbocycles. The van der Waals surface area contributed by atoms with Crippen molar-refractivity contribution in [1.82, 2.24) is 20.3 Å². The molecule has 0 fully saturated rings. The highest BCUT2D eigenvalue weighted by Crippen LogP contribution is 2.23. The third-order valence-electron chi connectivity index (χ3n) is 3.17. The van der Waals surface area contributed by atoms with Crippen LogP contribution in [0, 0.1) is 13.8 Å². The summed E-state index contributed by atoms with van der Waals surface area (Å²) >= 11 is 0. The van der Waals surface area contributed by atoms with Gasteiger partial charge in [0.25, 0.3) is 0 Å². The normalized spacial score (nSPS) is 13.8. The van der Waals surface area contributed by atoms with Gasteiger partial charge in [-0.1, -0.05) is 0 Å². The molecule has 17 heavy (non-hydrogen) atoms. The Kier molecular flexibility index (Phi) is 2.37. The second-order valence-electron chi connectivity index (χ2n) is 4.35. The van der Waals surface area contributed by atoms with Crippen molar-refractivity contribution in [2.45, 2.75) is 26.9 Å². The summed E-state index contributed by atoms with van der Waals surface area (Å²) in [7, 11) is 0. The molecule has 86 valence electrons. The van der Waals surface area contributed by atoms with Crippen molar-refractivity contribution in [3.05, 3.63) is 41.0 Å². The van der Waals surface area contributed by atoms with E-state index in [2.05, 4.69) is 27.2 Å². The van der Waals surface area contributed by atoms with Crippen LogP contribution < -0.4 is 5.32 Å². The lowest BCUT2D eigenvalue weighted by atomic mass is 10.1. The molecule has 0 bridgehead atoms. The summed E-state index contributed by atoms with van der Waals surface area (Å²) in [4.78, 5) is 13.4. The van der Waals surface area contributed by atoms with Crippen LogP contribution in [-0.4, -0.2) is 15.0 Å². The maximum Gasteiger partial charge on any atom is 0.161 e. The molecule has 2 aromatic heterocycles. The van der Waals surface area contributed by atoms with Crippen LogP contribution >= 0.6 is 0 Å². The molecule has 0 amide bonds. The quantitative estimate of drug-likeness (QED) is 0.805. The molecular weight excluding hydrogens is 212 g/mol. The van der Waals surface area contributed by atoms with Crippen LogP contribution in [0.4, 0.5) is 0 Å². The van der Waals surface area contributed by atoms with Gasteiger partial charge in [0.1, 0.15) is 0 Å². The Morgan fingerprint density at radius 2 is 2.06 bits per heavy atom. The average molecular weight is 226 g/mol. The molecular formula is C13H14N4. The van der Waals surface area contributed by atoms with Gasteiger partial charge in [0.2, 0.25) is 0 Å². The topological polar surface area (TPSA) is 50.7 Å². The highest BCUT2D eigenvalue weighted by Gasteiger charge is 2.17. The van der Waals surface area contributed by atoms with Gasteiger partial charge in [-0.3, -0.25) is 4.98 Å².